The number of thioether (sulfide) groups is 1. The van der Waals surface area contributed by atoms with E-state index in [9.17, 15) is 9.59 Å². The largest absolute Gasteiger partial charge is 0.339 e. The minimum Gasteiger partial charge on any atom is -0.339 e. The van der Waals surface area contributed by atoms with Crippen LogP contribution in [0.1, 0.15) is 46.5 Å². The molecule has 1 aliphatic heterocycles. The van der Waals surface area contributed by atoms with Crippen molar-refractivity contribution in [1.29, 1.82) is 0 Å². The summed E-state index contributed by atoms with van der Waals surface area (Å²) in [6.45, 7) is 7.83. The average molecular weight is 428 g/mol. The molecule has 0 saturated carbocycles. The number of hydrogen-bond donors (Lipinski definition) is 0. The first-order chi connectivity index (χ1) is 14.5. The van der Waals surface area contributed by atoms with Crippen LogP contribution in [-0.2, 0) is 11.3 Å². The Hall–Kier alpha value is -2.35. The van der Waals surface area contributed by atoms with Gasteiger partial charge >= 0.3 is 0 Å². The third-order valence-corrected chi connectivity index (χ3v) is 6.77. The Morgan fingerprint density at radius 3 is 2.80 bits per heavy atom. The maximum absolute atomic E-state index is 13.1. The molecule has 3 aromatic rings. The number of para-hydroxylation sites is 1. The molecule has 4 rings (SSSR count). The molecule has 1 saturated heterocycles. The molecule has 1 amide bonds. The molecule has 0 bridgehead atoms. The highest BCUT2D eigenvalue weighted by atomic mass is 32.2. The average Bonchev–Trinajstić information content (AvgIpc) is 3.16. The van der Waals surface area contributed by atoms with Crippen molar-refractivity contribution in [2.45, 2.75) is 64.2 Å². The number of hydrogen-bond acceptors (Lipinski definition) is 5. The van der Waals surface area contributed by atoms with E-state index in [2.05, 4.69) is 31.0 Å². The van der Waals surface area contributed by atoms with Crippen LogP contribution >= 0.6 is 11.8 Å². The molecule has 1 aromatic carbocycles. The van der Waals surface area contributed by atoms with Crippen molar-refractivity contribution in [2.24, 2.45) is 5.92 Å². The molecule has 7 nitrogen and oxygen atoms in total. The van der Waals surface area contributed by atoms with Crippen LogP contribution in [0.15, 0.2) is 34.2 Å². The summed E-state index contributed by atoms with van der Waals surface area (Å²) in [5.41, 5.74) is 0.741. The summed E-state index contributed by atoms with van der Waals surface area (Å²) in [5, 5.41) is 9.99. The summed E-state index contributed by atoms with van der Waals surface area (Å²) < 4.78 is 3.64. The number of fused-ring (bicyclic) bond motifs is 3. The topological polar surface area (TPSA) is 72.5 Å². The van der Waals surface area contributed by atoms with Crippen molar-refractivity contribution in [3.63, 3.8) is 0 Å². The number of carbonyl (C=O) groups excluding carboxylic acids is 1. The normalized spacial score (nSPS) is 17.3. The van der Waals surface area contributed by atoms with E-state index < -0.39 is 0 Å². The molecular weight excluding hydrogens is 398 g/mol. The standard InChI is InChI=1S/C22H29N5O2S/c1-15(2)11-13-26-20(29)17-9-4-5-10-18(17)27-21(26)23-24-22(27)30-14-19(28)25-12-7-6-8-16(25)3/h4-5,9-10,15-16H,6-8,11-14H2,1-3H3/t16-/m0/s1. The van der Waals surface area contributed by atoms with Gasteiger partial charge in [-0.05, 0) is 50.7 Å². The molecule has 2 aromatic heterocycles. The van der Waals surface area contributed by atoms with Gasteiger partial charge in [-0.2, -0.15) is 0 Å². The fourth-order valence-corrected chi connectivity index (χ4v) is 4.92. The summed E-state index contributed by atoms with van der Waals surface area (Å²) in [5.74, 6) is 1.48. The maximum Gasteiger partial charge on any atom is 0.262 e. The predicted molar refractivity (Wildman–Crippen MR) is 120 cm³/mol. The van der Waals surface area contributed by atoms with Crippen molar-refractivity contribution in [3.8, 4) is 0 Å². The highest BCUT2D eigenvalue weighted by Gasteiger charge is 2.24. The zero-order valence-corrected chi connectivity index (χ0v) is 18.7. The second kappa shape index (κ2) is 8.79. The van der Waals surface area contributed by atoms with Gasteiger partial charge in [-0.25, -0.2) is 0 Å². The summed E-state index contributed by atoms with van der Waals surface area (Å²) in [6.07, 6.45) is 4.21. The van der Waals surface area contributed by atoms with E-state index in [4.69, 9.17) is 0 Å². The lowest BCUT2D eigenvalue weighted by Gasteiger charge is -2.33. The van der Waals surface area contributed by atoms with Crippen LogP contribution < -0.4 is 5.56 Å². The number of piperidine rings is 1. The number of aryl methyl sites for hydroxylation is 1. The van der Waals surface area contributed by atoms with Gasteiger partial charge in [0, 0.05) is 19.1 Å². The molecule has 0 N–H and O–H groups in total. The first-order valence-corrected chi connectivity index (χ1v) is 11.7. The SMILES string of the molecule is CC(C)CCn1c(=O)c2ccccc2n2c(SCC(=O)N3CCCC[C@@H]3C)nnc12. The molecule has 1 fully saturated rings. The molecule has 8 heteroatoms. The molecule has 1 atom stereocenters. The van der Waals surface area contributed by atoms with Gasteiger partial charge in [0.15, 0.2) is 5.16 Å². The van der Waals surface area contributed by atoms with Gasteiger partial charge in [-0.1, -0.05) is 37.7 Å². The van der Waals surface area contributed by atoms with Gasteiger partial charge in [0.2, 0.25) is 11.7 Å². The number of likely N-dealkylation sites (tertiary alicyclic amines) is 1. The van der Waals surface area contributed by atoms with E-state index >= 15 is 0 Å². The minimum atomic E-state index is -0.0408. The lowest BCUT2D eigenvalue weighted by molar-refractivity contribution is -0.131. The van der Waals surface area contributed by atoms with Crippen LogP contribution in [0, 0.1) is 5.92 Å². The Balaban J connectivity index is 1.69. The Morgan fingerprint density at radius 2 is 2.03 bits per heavy atom. The van der Waals surface area contributed by atoms with Gasteiger partial charge < -0.3 is 4.90 Å². The van der Waals surface area contributed by atoms with Gasteiger partial charge in [0.1, 0.15) is 0 Å². The Morgan fingerprint density at radius 1 is 1.23 bits per heavy atom. The molecule has 0 radical (unpaired) electrons. The molecule has 0 spiro atoms. The van der Waals surface area contributed by atoms with Gasteiger partial charge in [0.25, 0.3) is 5.56 Å². The van der Waals surface area contributed by atoms with E-state index in [1.165, 1.54) is 18.2 Å². The van der Waals surface area contributed by atoms with Gasteiger partial charge in [-0.15, -0.1) is 10.2 Å². The third kappa shape index (κ3) is 3.97. The first kappa shape index (κ1) is 20.9. The Labute approximate surface area is 180 Å². The smallest absolute Gasteiger partial charge is 0.262 e. The number of aromatic nitrogens is 4. The molecule has 0 aliphatic carbocycles. The molecule has 160 valence electrons. The maximum atomic E-state index is 13.1. The van der Waals surface area contributed by atoms with Gasteiger partial charge in [-0.3, -0.25) is 18.6 Å². The third-order valence-electron chi connectivity index (χ3n) is 5.86. The van der Waals surface area contributed by atoms with Gasteiger partial charge in [0.05, 0.1) is 16.7 Å². The minimum absolute atomic E-state index is 0.0408. The number of amides is 1. The van der Waals surface area contributed by atoms with Crippen LogP contribution in [0.4, 0.5) is 0 Å². The number of rotatable bonds is 6. The van der Waals surface area contributed by atoms with E-state index in [1.54, 1.807) is 4.57 Å². The van der Waals surface area contributed by atoms with E-state index in [0.717, 1.165) is 31.3 Å². The predicted octanol–water partition coefficient (Wildman–Crippen LogP) is 3.58. The van der Waals surface area contributed by atoms with Crippen LogP contribution in [0.5, 0.6) is 0 Å². The lowest BCUT2D eigenvalue weighted by atomic mass is 10.0. The Bertz CT molecular complexity index is 1120. The zero-order chi connectivity index (χ0) is 21.3. The van der Waals surface area contributed by atoms with Crippen molar-refractivity contribution >= 4 is 34.3 Å². The summed E-state index contributed by atoms with van der Waals surface area (Å²) in [6, 6.07) is 7.84. The quantitative estimate of drug-likeness (QED) is 0.562. The number of carbonyl (C=O) groups is 1. The van der Waals surface area contributed by atoms with Crippen molar-refractivity contribution in [1.82, 2.24) is 24.1 Å². The van der Waals surface area contributed by atoms with Crippen molar-refractivity contribution in [3.05, 3.63) is 34.6 Å². The van der Waals surface area contributed by atoms with Crippen molar-refractivity contribution in [2.75, 3.05) is 12.3 Å². The highest BCUT2D eigenvalue weighted by Crippen LogP contribution is 2.24. The van der Waals surface area contributed by atoms with E-state index in [0.29, 0.717) is 40.6 Å². The summed E-state index contributed by atoms with van der Waals surface area (Å²) >= 11 is 1.40. The molecular formula is C22H29N5O2S. The van der Waals surface area contributed by atoms with Crippen LogP contribution in [0.3, 0.4) is 0 Å². The second-order valence-corrected chi connectivity index (χ2v) is 9.44. The molecule has 1 aliphatic rings. The number of nitrogens with zero attached hydrogens (tertiary/aromatic N) is 5. The monoisotopic (exact) mass is 427 g/mol. The van der Waals surface area contributed by atoms with Crippen LogP contribution in [0.2, 0.25) is 0 Å². The Kier molecular flexibility index (Phi) is 6.13. The van der Waals surface area contributed by atoms with E-state index in [-0.39, 0.29) is 11.5 Å². The van der Waals surface area contributed by atoms with E-state index in [1.807, 2.05) is 33.6 Å². The first-order valence-electron chi connectivity index (χ1n) is 10.8. The summed E-state index contributed by atoms with van der Waals surface area (Å²) in [7, 11) is 0. The fourth-order valence-electron chi connectivity index (χ4n) is 4.09. The van der Waals surface area contributed by atoms with Crippen LogP contribution in [0.25, 0.3) is 16.7 Å². The second-order valence-electron chi connectivity index (χ2n) is 8.50. The molecule has 3 heterocycles. The lowest BCUT2D eigenvalue weighted by Crippen LogP contribution is -2.42. The summed E-state index contributed by atoms with van der Waals surface area (Å²) in [4.78, 5) is 27.9. The highest BCUT2D eigenvalue weighted by molar-refractivity contribution is 7.99. The fraction of sp³-hybridized carbons (Fsp3) is 0.545. The number of benzene rings is 1. The molecule has 30 heavy (non-hydrogen) atoms. The van der Waals surface area contributed by atoms with Crippen molar-refractivity contribution < 1.29 is 4.79 Å². The molecule has 0 unspecified atom stereocenters. The van der Waals surface area contributed by atoms with Crippen LogP contribution in [-0.4, -0.2) is 48.3 Å². The zero-order valence-electron chi connectivity index (χ0n) is 17.9.